The molecule has 0 fully saturated rings. The summed E-state index contributed by atoms with van der Waals surface area (Å²) >= 11 is 3.44. The summed E-state index contributed by atoms with van der Waals surface area (Å²) in [5, 5.41) is 12.5. The molecule has 0 saturated carbocycles. The molecule has 0 aromatic carbocycles. The number of thioether (sulfide) groups is 1. The van der Waals surface area contributed by atoms with Crippen LogP contribution in [-0.4, -0.2) is 29.0 Å². The summed E-state index contributed by atoms with van der Waals surface area (Å²) in [6.45, 7) is 8.55. The lowest BCUT2D eigenvalue weighted by molar-refractivity contribution is 0.568. The smallest absolute Gasteiger partial charge is 0.174 e. The second-order valence-corrected chi connectivity index (χ2v) is 6.06. The Morgan fingerprint density at radius 1 is 1.43 bits per heavy atom. The average molecular weight is 231 g/mol. The Bertz CT molecular complexity index is 260. The molecule has 0 aliphatic heterocycles. The van der Waals surface area contributed by atoms with Gasteiger partial charge < -0.3 is 5.32 Å². The first-order valence-electron chi connectivity index (χ1n) is 4.82. The second-order valence-electron chi connectivity index (χ2n) is 3.53. The molecule has 0 aliphatic carbocycles. The summed E-state index contributed by atoms with van der Waals surface area (Å²) in [5.41, 5.74) is 0. The fraction of sp³-hybridized carbons (Fsp3) is 0.778. The van der Waals surface area contributed by atoms with E-state index in [-0.39, 0.29) is 0 Å². The molecular formula is C9H17N3S2. The lowest BCUT2D eigenvalue weighted by Crippen LogP contribution is -2.21. The fourth-order valence-electron chi connectivity index (χ4n) is 0.938. The normalized spacial score (nSPS) is 11.1. The highest BCUT2D eigenvalue weighted by atomic mass is 32.2. The van der Waals surface area contributed by atoms with E-state index in [1.54, 1.807) is 23.1 Å². The van der Waals surface area contributed by atoms with Crippen molar-refractivity contribution in [1.29, 1.82) is 0 Å². The molecule has 0 bridgehead atoms. The minimum Gasteiger partial charge on any atom is -0.316 e. The van der Waals surface area contributed by atoms with Crippen LogP contribution in [0.2, 0.25) is 0 Å². The summed E-state index contributed by atoms with van der Waals surface area (Å²) in [6, 6.07) is 0. The van der Waals surface area contributed by atoms with E-state index >= 15 is 0 Å². The molecule has 0 amide bonds. The molecule has 1 heterocycles. The average Bonchev–Trinajstić information content (AvgIpc) is 2.50. The van der Waals surface area contributed by atoms with Gasteiger partial charge in [0.1, 0.15) is 5.01 Å². The second kappa shape index (κ2) is 6.37. The first-order valence-corrected chi connectivity index (χ1v) is 6.62. The highest BCUT2D eigenvalue weighted by Crippen LogP contribution is 2.20. The minimum absolute atomic E-state index is 0.726. The molecule has 80 valence electrons. The van der Waals surface area contributed by atoms with Crippen LogP contribution in [0.5, 0.6) is 0 Å². The highest BCUT2D eigenvalue weighted by molar-refractivity contribution is 8.01. The lowest BCUT2D eigenvalue weighted by atomic mass is 10.2. The van der Waals surface area contributed by atoms with E-state index in [0.717, 1.165) is 34.1 Å². The molecule has 0 spiro atoms. The van der Waals surface area contributed by atoms with Crippen LogP contribution in [-0.2, 0) is 0 Å². The SMILES string of the molecule is Cc1nnc(SCCNCC(C)C)s1. The Morgan fingerprint density at radius 3 is 2.79 bits per heavy atom. The van der Waals surface area contributed by atoms with Crippen molar-refractivity contribution in [3.63, 3.8) is 0 Å². The van der Waals surface area contributed by atoms with Crippen molar-refractivity contribution >= 4 is 23.1 Å². The van der Waals surface area contributed by atoms with Crippen LogP contribution >= 0.6 is 23.1 Å². The van der Waals surface area contributed by atoms with Crippen LogP contribution in [0.4, 0.5) is 0 Å². The maximum atomic E-state index is 4.05. The van der Waals surface area contributed by atoms with Crippen LogP contribution in [0, 0.1) is 12.8 Å². The molecule has 5 heteroatoms. The van der Waals surface area contributed by atoms with Crippen molar-refractivity contribution in [3.8, 4) is 0 Å². The molecule has 1 aromatic rings. The van der Waals surface area contributed by atoms with Gasteiger partial charge in [0.2, 0.25) is 0 Å². The van der Waals surface area contributed by atoms with E-state index < -0.39 is 0 Å². The molecule has 1 aromatic heterocycles. The van der Waals surface area contributed by atoms with Crippen molar-refractivity contribution in [2.45, 2.75) is 25.1 Å². The molecule has 0 saturated heterocycles. The summed E-state index contributed by atoms with van der Waals surface area (Å²) in [6.07, 6.45) is 0. The van der Waals surface area contributed by atoms with Gasteiger partial charge in [0.05, 0.1) is 0 Å². The number of aromatic nitrogens is 2. The zero-order chi connectivity index (χ0) is 10.4. The Hall–Kier alpha value is -0.130. The number of aryl methyl sites for hydroxylation is 1. The maximum absolute atomic E-state index is 4.05. The van der Waals surface area contributed by atoms with Gasteiger partial charge in [-0.2, -0.15) is 0 Å². The van der Waals surface area contributed by atoms with Crippen LogP contribution in [0.15, 0.2) is 4.34 Å². The van der Waals surface area contributed by atoms with Gasteiger partial charge in [0.15, 0.2) is 4.34 Å². The topological polar surface area (TPSA) is 37.8 Å². The van der Waals surface area contributed by atoms with E-state index in [9.17, 15) is 0 Å². The molecule has 14 heavy (non-hydrogen) atoms. The van der Waals surface area contributed by atoms with Crippen LogP contribution in [0.3, 0.4) is 0 Å². The molecule has 0 unspecified atom stereocenters. The van der Waals surface area contributed by atoms with Gasteiger partial charge in [-0.1, -0.05) is 36.9 Å². The maximum Gasteiger partial charge on any atom is 0.174 e. The lowest BCUT2D eigenvalue weighted by Gasteiger charge is -2.05. The van der Waals surface area contributed by atoms with Crippen molar-refractivity contribution in [2.75, 3.05) is 18.8 Å². The summed E-state index contributed by atoms with van der Waals surface area (Å²) in [5.74, 6) is 1.80. The first kappa shape index (κ1) is 11.9. The van der Waals surface area contributed by atoms with E-state index in [0.29, 0.717) is 0 Å². The quantitative estimate of drug-likeness (QED) is 0.601. The molecule has 0 radical (unpaired) electrons. The van der Waals surface area contributed by atoms with Crippen LogP contribution in [0.25, 0.3) is 0 Å². The van der Waals surface area contributed by atoms with E-state index in [2.05, 4.69) is 29.4 Å². The number of nitrogens with zero attached hydrogens (tertiary/aromatic N) is 2. The molecule has 0 atom stereocenters. The van der Waals surface area contributed by atoms with Crippen molar-refractivity contribution in [1.82, 2.24) is 15.5 Å². The predicted molar refractivity (Wildman–Crippen MR) is 63.1 cm³/mol. The highest BCUT2D eigenvalue weighted by Gasteiger charge is 2.00. The van der Waals surface area contributed by atoms with Crippen molar-refractivity contribution in [2.24, 2.45) is 5.92 Å². The largest absolute Gasteiger partial charge is 0.316 e. The van der Waals surface area contributed by atoms with Gasteiger partial charge in [0, 0.05) is 12.3 Å². The predicted octanol–water partition coefficient (Wildman–Crippen LogP) is 2.18. The Morgan fingerprint density at radius 2 is 2.21 bits per heavy atom. The minimum atomic E-state index is 0.726. The third-order valence-corrected chi connectivity index (χ3v) is 3.54. The summed E-state index contributed by atoms with van der Waals surface area (Å²) in [4.78, 5) is 0. The fourth-order valence-corrected chi connectivity index (χ4v) is 2.72. The summed E-state index contributed by atoms with van der Waals surface area (Å²) < 4.78 is 1.08. The van der Waals surface area contributed by atoms with Gasteiger partial charge >= 0.3 is 0 Å². The van der Waals surface area contributed by atoms with E-state index in [4.69, 9.17) is 0 Å². The number of hydrogen-bond acceptors (Lipinski definition) is 5. The van der Waals surface area contributed by atoms with Gasteiger partial charge in [-0.3, -0.25) is 0 Å². The van der Waals surface area contributed by atoms with Crippen molar-refractivity contribution in [3.05, 3.63) is 5.01 Å². The number of hydrogen-bond donors (Lipinski definition) is 1. The molecule has 3 nitrogen and oxygen atoms in total. The van der Waals surface area contributed by atoms with E-state index in [1.807, 2.05) is 6.92 Å². The molecule has 1 rings (SSSR count). The molecule has 0 aliphatic rings. The molecular weight excluding hydrogens is 214 g/mol. The zero-order valence-electron chi connectivity index (χ0n) is 8.91. The van der Waals surface area contributed by atoms with Gasteiger partial charge in [-0.25, -0.2) is 0 Å². The Labute approximate surface area is 93.7 Å². The summed E-state index contributed by atoms with van der Waals surface area (Å²) in [7, 11) is 0. The van der Waals surface area contributed by atoms with Crippen molar-refractivity contribution < 1.29 is 0 Å². The standard InChI is InChI=1S/C9H17N3S2/c1-7(2)6-10-4-5-13-9-12-11-8(3)14-9/h7,10H,4-6H2,1-3H3. The third-order valence-electron chi connectivity index (χ3n) is 1.56. The monoisotopic (exact) mass is 231 g/mol. The van der Waals surface area contributed by atoms with Crippen LogP contribution < -0.4 is 5.32 Å². The zero-order valence-corrected chi connectivity index (χ0v) is 10.5. The number of rotatable bonds is 6. The Kier molecular flexibility index (Phi) is 5.44. The van der Waals surface area contributed by atoms with E-state index in [1.165, 1.54) is 0 Å². The Balaban J connectivity index is 2.04. The number of nitrogens with one attached hydrogen (secondary N) is 1. The van der Waals surface area contributed by atoms with Gasteiger partial charge in [0.25, 0.3) is 0 Å². The third kappa shape index (κ3) is 4.93. The van der Waals surface area contributed by atoms with Crippen LogP contribution in [0.1, 0.15) is 18.9 Å². The molecule has 1 N–H and O–H groups in total. The van der Waals surface area contributed by atoms with Gasteiger partial charge in [-0.05, 0) is 19.4 Å². The first-order chi connectivity index (χ1) is 6.68. The van der Waals surface area contributed by atoms with Gasteiger partial charge in [-0.15, -0.1) is 10.2 Å².